The zero-order valence-corrected chi connectivity index (χ0v) is 13.5. The van der Waals surface area contributed by atoms with Crippen LogP contribution in [-0.4, -0.2) is 25.1 Å². The lowest BCUT2D eigenvalue weighted by Gasteiger charge is -2.26. The van der Waals surface area contributed by atoms with Crippen molar-refractivity contribution in [1.29, 1.82) is 0 Å². The molecule has 2 aromatic rings. The van der Waals surface area contributed by atoms with Crippen molar-refractivity contribution in [3.05, 3.63) is 45.8 Å². The van der Waals surface area contributed by atoms with Gasteiger partial charge in [-0.3, -0.25) is 0 Å². The Labute approximate surface area is 125 Å². The molecule has 2 aromatic heterocycles. The van der Waals surface area contributed by atoms with Gasteiger partial charge in [-0.2, -0.15) is 0 Å². The highest BCUT2D eigenvalue weighted by Gasteiger charge is 2.13. The van der Waals surface area contributed by atoms with Crippen molar-refractivity contribution >= 4 is 17.2 Å². The van der Waals surface area contributed by atoms with Crippen molar-refractivity contribution in [2.75, 3.05) is 19.0 Å². The van der Waals surface area contributed by atoms with Crippen LogP contribution in [0.15, 0.2) is 29.6 Å². The summed E-state index contributed by atoms with van der Waals surface area (Å²) >= 11 is 1.82. The Kier molecular flexibility index (Phi) is 5.15. The SMILES string of the molecule is CNCc1ccc(N(C)C(C)Cc2cccs2)nc1C. The molecule has 0 spiro atoms. The maximum absolute atomic E-state index is 4.73. The highest BCUT2D eigenvalue weighted by Crippen LogP contribution is 2.19. The molecule has 0 aromatic carbocycles. The fourth-order valence-corrected chi connectivity index (χ4v) is 3.06. The normalized spacial score (nSPS) is 12.4. The van der Waals surface area contributed by atoms with E-state index in [0.29, 0.717) is 6.04 Å². The molecule has 2 rings (SSSR count). The van der Waals surface area contributed by atoms with Crippen LogP contribution >= 0.6 is 11.3 Å². The maximum Gasteiger partial charge on any atom is 0.128 e. The van der Waals surface area contributed by atoms with Crippen LogP contribution in [0, 0.1) is 6.92 Å². The average molecular weight is 289 g/mol. The second kappa shape index (κ2) is 6.86. The number of hydrogen-bond donors (Lipinski definition) is 1. The summed E-state index contributed by atoms with van der Waals surface area (Å²) in [7, 11) is 4.08. The molecule has 0 saturated heterocycles. The number of pyridine rings is 1. The third-order valence-electron chi connectivity index (χ3n) is 3.65. The number of rotatable bonds is 6. The minimum absolute atomic E-state index is 0.440. The quantitative estimate of drug-likeness (QED) is 0.885. The summed E-state index contributed by atoms with van der Waals surface area (Å²) in [6.45, 7) is 5.19. The summed E-state index contributed by atoms with van der Waals surface area (Å²) in [5.74, 6) is 1.05. The summed E-state index contributed by atoms with van der Waals surface area (Å²) in [6, 6.07) is 9.04. The highest BCUT2D eigenvalue weighted by molar-refractivity contribution is 7.09. The van der Waals surface area contributed by atoms with Gasteiger partial charge < -0.3 is 10.2 Å². The van der Waals surface area contributed by atoms with Crippen LogP contribution < -0.4 is 10.2 Å². The molecule has 108 valence electrons. The lowest BCUT2D eigenvalue weighted by Crippen LogP contribution is -2.31. The minimum atomic E-state index is 0.440. The highest BCUT2D eigenvalue weighted by atomic mass is 32.1. The van der Waals surface area contributed by atoms with Crippen LogP contribution in [0.2, 0.25) is 0 Å². The fourth-order valence-electron chi connectivity index (χ4n) is 2.23. The predicted octanol–water partition coefficient (Wildman–Crippen LogP) is 3.24. The van der Waals surface area contributed by atoms with Gasteiger partial charge in [0.25, 0.3) is 0 Å². The van der Waals surface area contributed by atoms with E-state index in [1.165, 1.54) is 10.4 Å². The van der Waals surface area contributed by atoms with Gasteiger partial charge in [-0.05, 0) is 44.0 Å². The van der Waals surface area contributed by atoms with E-state index in [1.807, 2.05) is 18.4 Å². The largest absolute Gasteiger partial charge is 0.357 e. The molecule has 3 nitrogen and oxygen atoms in total. The van der Waals surface area contributed by atoms with Gasteiger partial charge in [-0.25, -0.2) is 4.98 Å². The maximum atomic E-state index is 4.73. The van der Waals surface area contributed by atoms with Gasteiger partial charge >= 0.3 is 0 Å². The molecule has 4 heteroatoms. The van der Waals surface area contributed by atoms with Crippen molar-refractivity contribution in [1.82, 2.24) is 10.3 Å². The monoisotopic (exact) mass is 289 g/mol. The number of anilines is 1. The molecular formula is C16H23N3S. The zero-order valence-electron chi connectivity index (χ0n) is 12.7. The van der Waals surface area contributed by atoms with Gasteiger partial charge in [0.2, 0.25) is 0 Å². The van der Waals surface area contributed by atoms with Crippen molar-refractivity contribution in [2.45, 2.75) is 32.9 Å². The Morgan fingerprint density at radius 1 is 1.35 bits per heavy atom. The molecule has 1 atom stereocenters. The molecule has 1 unspecified atom stereocenters. The average Bonchev–Trinajstić information content (AvgIpc) is 2.93. The summed E-state index contributed by atoms with van der Waals surface area (Å²) in [5.41, 5.74) is 2.36. The van der Waals surface area contributed by atoms with E-state index in [4.69, 9.17) is 4.98 Å². The zero-order chi connectivity index (χ0) is 14.5. The fraction of sp³-hybridized carbons (Fsp3) is 0.438. The Balaban J connectivity index is 2.08. The molecule has 2 heterocycles. The molecule has 20 heavy (non-hydrogen) atoms. The number of aromatic nitrogens is 1. The van der Waals surface area contributed by atoms with E-state index in [-0.39, 0.29) is 0 Å². The van der Waals surface area contributed by atoms with E-state index in [9.17, 15) is 0 Å². The van der Waals surface area contributed by atoms with E-state index < -0.39 is 0 Å². The first-order valence-electron chi connectivity index (χ1n) is 6.98. The molecule has 0 aliphatic rings. The molecule has 0 aliphatic heterocycles. The molecular weight excluding hydrogens is 266 g/mol. The van der Waals surface area contributed by atoms with Crippen molar-refractivity contribution in [2.24, 2.45) is 0 Å². The van der Waals surface area contributed by atoms with Gasteiger partial charge in [0, 0.05) is 36.6 Å². The second-order valence-electron chi connectivity index (χ2n) is 5.19. The van der Waals surface area contributed by atoms with Crippen LogP contribution in [0.1, 0.15) is 23.1 Å². The first-order valence-corrected chi connectivity index (χ1v) is 7.86. The summed E-state index contributed by atoms with van der Waals surface area (Å²) in [6.07, 6.45) is 1.06. The molecule has 0 radical (unpaired) electrons. The summed E-state index contributed by atoms with van der Waals surface area (Å²) in [5, 5.41) is 5.31. The first-order chi connectivity index (χ1) is 9.61. The van der Waals surface area contributed by atoms with Gasteiger partial charge in [-0.15, -0.1) is 11.3 Å². The van der Waals surface area contributed by atoms with Crippen molar-refractivity contribution < 1.29 is 0 Å². The van der Waals surface area contributed by atoms with Crippen molar-refractivity contribution in [3.63, 3.8) is 0 Å². The summed E-state index contributed by atoms with van der Waals surface area (Å²) < 4.78 is 0. The molecule has 0 bridgehead atoms. The molecule has 0 amide bonds. The third-order valence-corrected chi connectivity index (χ3v) is 4.55. The van der Waals surface area contributed by atoms with Gasteiger partial charge in [0.1, 0.15) is 5.82 Å². The lowest BCUT2D eigenvalue weighted by atomic mass is 10.1. The van der Waals surface area contributed by atoms with Gasteiger partial charge in [0.05, 0.1) is 0 Å². The number of likely N-dealkylation sites (N-methyl/N-ethyl adjacent to an activating group) is 1. The molecule has 0 aliphatic carbocycles. The first kappa shape index (κ1) is 15.0. The van der Waals surface area contributed by atoms with E-state index >= 15 is 0 Å². The van der Waals surface area contributed by atoms with E-state index in [1.54, 1.807) is 0 Å². The Bertz CT molecular complexity index is 537. The topological polar surface area (TPSA) is 28.2 Å². The smallest absolute Gasteiger partial charge is 0.128 e. The van der Waals surface area contributed by atoms with Crippen LogP contribution in [-0.2, 0) is 13.0 Å². The molecule has 1 N–H and O–H groups in total. The number of nitrogens with zero attached hydrogens (tertiary/aromatic N) is 2. The second-order valence-corrected chi connectivity index (χ2v) is 6.22. The predicted molar refractivity (Wildman–Crippen MR) is 87.6 cm³/mol. The van der Waals surface area contributed by atoms with Crippen LogP contribution in [0.4, 0.5) is 5.82 Å². The van der Waals surface area contributed by atoms with E-state index in [0.717, 1.165) is 24.5 Å². The molecule has 0 fully saturated rings. The number of hydrogen-bond acceptors (Lipinski definition) is 4. The Morgan fingerprint density at radius 2 is 2.15 bits per heavy atom. The van der Waals surface area contributed by atoms with Crippen LogP contribution in [0.5, 0.6) is 0 Å². The standard InChI is InChI=1S/C16H23N3S/c1-12(10-15-6-5-9-20-15)19(4)16-8-7-14(11-17-3)13(2)18-16/h5-9,12,17H,10-11H2,1-4H3. The van der Waals surface area contributed by atoms with Crippen molar-refractivity contribution in [3.8, 4) is 0 Å². The minimum Gasteiger partial charge on any atom is -0.357 e. The number of thiophene rings is 1. The third kappa shape index (κ3) is 3.58. The summed E-state index contributed by atoms with van der Waals surface area (Å²) in [4.78, 5) is 8.42. The Morgan fingerprint density at radius 3 is 2.75 bits per heavy atom. The number of aryl methyl sites for hydroxylation is 1. The van der Waals surface area contributed by atoms with Gasteiger partial charge in [-0.1, -0.05) is 12.1 Å². The van der Waals surface area contributed by atoms with E-state index in [2.05, 4.69) is 60.8 Å². The molecule has 0 saturated carbocycles. The van der Waals surface area contributed by atoms with Gasteiger partial charge in [0.15, 0.2) is 0 Å². The van der Waals surface area contributed by atoms with Crippen LogP contribution in [0.25, 0.3) is 0 Å². The Hall–Kier alpha value is -1.39. The number of nitrogens with one attached hydrogen (secondary N) is 1. The lowest BCUT2D eigenvalue weighted by molar-refractivity contribution is 0.678. The van der Waals surface area contributed by atoms with Crippen LogP contribution in [0.3, 0.4) is 0 Å².